The van der Waals surface area contributed by atoms with Gasteiger partial charge >= 0.3 is 0 Å². The third kappa shape index (κ3) is 2.34. The highest BCUT2D eigenvalue weighted by molar-refractivity contribution is 7.15. The van der Waals surface area contributed by atoms with Crippen molar-refractivity contribution in [1.29, 1.82) is 0 Å². The second-order valence-corrected chi connectivity index (χ2v) is 4.19. The number of anilines is 1. The highest BCUT2D eigenvalue weighted by Crippen LogP contribution is 2.25. The molecule has 2 nitrogen and oxygen atoms in total. The SMILES string of the molecule is C=C(C)Nc1ncc(C(C)C)s1. The first-order chi connectivity index (χ1) is 5.59. The molecule has 1 aromatic rings. The Morgan fingerprint density at radius 1 is 1.67 bits per heavy atom. The third-order valence-electron chi connectivity index (χ3n) is 1.41. The van der Waals surface area contributed by atoms with Gasteiger partial charge in [-0.05, 0) is 12.8 Å². The number of thiazole rings is 1. The molecule has 0 saturated carbocycles. The van der Waals surface area contributed by atoms with Gasteiger partial charge in [-0.2, -0.15) is 0 Å². The lowest BCUT2D eigenvalue weighted by Gasteiger charge is -1.98. The Bertz CT molecular complexity index is 276. The van der Waals surface area contributed by atoms with E-state index in [1.54, 1.807) is 11.3 Å². The first kappa shape index (κ1) is 9.26. The van der Waals surface area contributed by atoms with Crippen LogP contribution in [0.3, 0.4) is 0 Å². The van der Waals surface area contributed by atoms with Crippen molar-refractivity contribution < 1.29 is 0 Å². The van der Waals surface area contributed by atoms with E-state index in [1.165, 1.54) is 4.88 Å². The van der Waals surface area contributed by atoms with E-state index in [0.717, 1.165) is 10.8 Å². The third-order valence-corrected chi connectivity index (χ3v) is 2.63. The maximum Gasteiger partial charge on any atom is 0.187 e. The van der Waals surface area contributed by atoms with Crippen molar-refractivity contribution in [3.63, 3.8) is 0 Å². The van der Waals surface area contributed by atoms with Crippen LogP contribution in [0.25, 0.3) is 0 Å². The van der Waals surface area contributed by atoms with Gasteiger partial charge in [-0.1, -0.05) is 20.4 Å². The second kappa shape index (κ2) is 3.72. The minimum absolute atomic E-state index is 0.558. The van der Waals surface area contributed by atoms with Crippen LogP contribution < -0.4 is 5.32 Å². The molecule has 0 spiro atoms. The highest BCUT2D eigenvalue weighted by Gasteiger charge is 2.04. The van der Waals surface area contributed by atoms with Gasteiger partial charge in [-0.15, -0.1) is 11.3 Å². The highest BCUT2D eigenvalue weighted by atomic mass is 32.1. The summed E-state index contributed by atoms with van der Waals surface area (Å²) in [5.74, 6) is 0.558. The number of aromatic nitrogens is 1. The fraction of sp³-hybridized carbons (Fsp3) is 0.444. The van der Waals surface area contributed by atoms with E-state index in [1.807, 2.05) is 13.1 Å². The Hall–Kier alpha value is -0.830. The van der Waals surface area contributed by atoms with Crippen molar-refractivity contribution >= 4 is 16.5 Å². The van der Waals surface area contributed by atoms with Gasteiger partial charge in [0, 0.05) is 16.8 Å². The minimum atomic E-state index is 0.558. The fourth-order valence-electron chi connectivity index (χ4n) is 0.794. The maximum absolute atomic E-state index is 4.22. The lowest BCUT2D eigenvalue weighted by Crippen LogP contribution is -1.91. The van der Waals surface area contributed by atoms with Gasteiger partial charge in [-0.25, -0.2) is 4.98 Å². The number of hydrogen-bond acceptors (Lipinski definition) is 3. The summed E-state index contributed by atoms with van der Waals surface area (Å²) in [4.78, 5) is 5.53. The van der Waals surface area contributed by atoms with Crippen LogP contribution in [0.1, 0.15) is 31.6 Å². The Balaban J connectivity index is 2.70. The van der Waals surface area contributed by atoms with Gasteiger partial charge in [0.2, 0.25) is 0 Å². The Morgan fingerprint density at radius 2 is 2.33 bits per heavy atom. The largest absolute Gasteiger partial charge is 0.336 e. The molecule has 0 aliphatic carbocycles. The molecule has 0 aliphatic rings. The molecule has 0 saturated heterocycles. The zero-order valence-electron chi connectivity index (χ0n) is 7.72. The van der Waals surface area contributed by atoms with Crippen LogP contribution in [-0.2, 0) is 0 Å². The van der Waals surface area contributed by atoms with Crippen LogP contribution in [0.5, 0.6) is 0 Å². The van der Waals surface area contributed by atoms with Gasteiger partial charge in [0.05, 0.1) is 0 Å². The summed E-state index contributed by atoms with van der Waals surface area (Å²) >= 11 is 1.69. The van der Waals surface area contributed by atoms with Crippen LogP contribution in [0.2, 0.25) is 0 Å². The normalized spacial score (nSPS) is 10.3. The van der Waals surface area contributed by atoms with Crippen molar-refractivity contribution in [2.75, 3.05) is 5.32 Å². The number of nitrogens with one attached hydrogen (secondary N) is 1. The zero-order valence-corrected chi connectivity index (χ0v) is 8.53. The molecule has 1 heterocycles. The summed E-state index contributed by atoms with van der Waals surface area (Å²) < 4.78 is 0. The van der Waals surface area contributed by atoms with E-state index in [-0.39, 0.29) is 0 Å². The van der Waals surface area contributed by atoms with E-state index >= 15 is 0 Å². The molecule has 0 unspecified atom stereocenters. The molecule has 0 amide bonds. The zero-order chi connectivity index (χ0) is 9.14. The molecular weight excluding hydrogens is 168 g/mol. The predicted octanol–water partition coefficient (Wildman–Crippen LogP) is 3.21. The summed E-state index contributed by atoms with van der Waals surface area (Å²) in [6, 6.07) is 0. The molecular formula is C9H14N2S. The fourth-order valence-corrected chi connectivity index (χ4v) is 1.69. The Morgan fingerprint density at radius 3 is 2.75 bits per heavy atom. The predicted molar refractivity (Wildman–Crippen MR) is 54.6 cm³/mol. The van der Waals surface area contributed by atoms with Crippen molar-refractivity contribution in [2.24, 2.45) is 0 Å². The molecule has 0 aromatic carbocycles. The summed E-state index contributed by atoms with van der Waals surface area (Å²) in [5, 5.41) is 4.03. The Kier molecular flexibility index (Phi) is 2.87. The molecule has 0 bridgehead atoms. The van der Waals surface area contributed by atoms with E-state index in [4.69, 9.17) is 0 Å². The summed E-state index contributed by atoms with van der Waals surface area (Å²) in [6.07, 6.45) is 1.92. The van der Waals surface area contributed by atoms with Gasteiger partial charge < -0.3 is 5.32 Å². The topological polar surface area (TPSA) is 24.9 Å². The molecule has 0 aliphatic heterocycles. The number of rotatable bonds is 3. The summed E-state index contributed by atoms with van der Waals surface area (Å²) in [5.41, 5.74) is 0.930. The van der Waals surface area contributed by atoms with Crippen LogP contribution >= 0.6 is 11.3 Å². The van der Waals surface area contributed by atoms with Gasteiger partial charge in [0.1, 0.15) is 0 Å². The standard InChI is InChI=1S/C9H14N2S/c1-6(2)8-5-10-9(12-8)11-7(3)4/h5-6H,3H2,1-2,4H3,(H,10,11). The molecule has 0 atom stereocenters. The average Bonchev–Trinajstić information content (AvgIpc) is 2.34. The molecule has 1 aromatic heterocycles. The molecule has 66 valence electrons. The molecule has 3 heteroatoms. The van der Waals surface area contributed by atoms with Crippen LogP contribution in [0, 0.1) is 0 Å². The van der Waals surface area contributed by atoms with Crippen molar-refractivity contribution in [1.82, 2.24) is 4.98 Å². The van der Waals surface area contributed by atoms with Gasteiger partial charge in [-0.3, -0.25) is 0 Å². The molecule has 0 fully saturated rings. The van der Waals surface area contributed by atoms with Crippen LogP contribution in [-0.4, -0.2) is 4.98 Å². The van der Waals surface area contributed by atoms with E-state index < -0.39 is 0 Å². The molecule has 12 heavy (non-hydrogen) atoms. The minimum Gasteiger partial charge on any atom is -0.336 e. The monoisotopic (exact) mass is 182 g/mol. The van der Waals surface area contributed by atoms with Crippen LogP contribution in [0.15, 0.2) is 18.5 Å². The van der Waals surface area contributed by atoms with Gasteiger partial charge in [0.25, 0.3) is 0 Å². The molecule has 0 radical (unpaired) electrons. The maximum atomic E-state index is 4.22. The van der Waals surface area contributed by atoms with E-state index in [9.17, 15) is 0 Å². The lowest BCUT2D eigenvalue weighted by atomic mass is 10.2. The number of allylic oxidation sites excluding steroid dienone is 1. The average molecular weight is 182 g/mol. The van der Waals surface area contributed by atoms with Crippen molar-refractivity contribution in [3.8, 4) is 0 Å². The van der Waals surface area contributed by atoms with Crippen molar-refractivity contribution in [3.05, 3.63) is 23.3 Å². The van der Waals surface area contributed by atoms with E-state index in [0.29, 0.717) is 5.92 Å². The second-order valence-electron chi connectivity index (χ2n) is 3.13. The summed E-state index contributed by atoms with van der Waals surface area (Å²) in [6.45, 7) is 10.0. The van der Waals surface area contributed by atoms with Crippen molar-refractivity contribution in [2.45, 2.75) is 26.7 Å². The van der Waals surface area contributed by atoms with Gasteiger partial charge in [0.15, 0.2) is 5.13 Å². The lowest BCUT2D eigenvalue weighted by molar-refractivity contribution is 0.885. The summed E-state index contributed by atoms with van der Waals surface area (Å²) in [7, 11) is 0. The molecule has 1 N–H and O–H groups in total. The smallest absolute Gasteiger partial charge is 0.187 e. The number of hydrogen-bond donors (Lipinski definition) is 1. The quantitative estimate of drug-likeness (QED) is 0.776. The van der Waals surface area contributed by atoms with E-state index in [2.05, 4.69) is 30.7 Å². The first-order valence-electron chi connectivity index (χ1n) is 3.98. The van der Waals surface area contributed by atoms with Crippen LogP contribution in [0.4, 0.5) is 5.13 Å². The number of nitrogens with zero attached hydrogens (tertiary/aromatic N) is 1. The molecule has 1 rings (SSSR count). The first-order valence-corrected chi connectivity index (χ1v) is 4.79. The Labute approximate surface area is 77.3 Å².